The maximum atomic E-state index is 13.9. The van der Waals surface area contributed by atoms with Gasteiger partial charge < -0.3 is 4.74 Å². The van der Waals surface area contributed by atoms with E-state index < -0.39 is 35.3 Å². The second kappa shape index (κ2) is 7.98. The fourth-order valence-corrected chi connectivity index (χ4v) is 5.37. The monoisotopic (exact) mass is 440 g/mol. The smallest absolute Gasteiger partial charge is 0.331 e. The number of para-hydroxylation sites is 1. The maximum absolute atomic E-state index is 13.9. The van der Waals surface area contributed by atoms with Gasteiger partial charge in [0.25, 0.3) is 0 Å². The fraction of sp³-hybridized carbons (Fsp3) is 0.222. The summed E-state index contributed by atoms with van der Waals surface area (Å²) in [5, 5.41) is 3.42. The summed E-state index contributed by atoms with van der Waals surface area (Å²) in [7, 11) is 1.31. The summed E-state index contributed by atoms with van der Waals surface area (Å²) in [5.74, 6) is -3.04. The number of carbonyl (C=O) groups is 3. The Morgan fingerprint density at radius 1 is 0.879 bits per heavy atom. The van der Waals surface area contributed by atoms with Crippen molar-refractivity contribution in [3.63, 3.8) is 0 Å². The quantitative estimate of drug-likeness (QED) is 0.496. The van der Waals surface area contributed by atoms with Crippen LogP contribution in [-0.4, -0.2) is 24.9 Å². The highest BCUT2D eigenvalue weighted by Gasteiger charge is 2.69. The number of esters is 1. The zero-order valence-electron chi connectivity index (χ0n) is 18.4. The predicted octanol–water partition coefficient (Wildman–Crippen LogP) is 3.51. The molecule has 3 aromatic rings. The first-order valence-electron chi connectivity index (χ1n) is 10.9. The Labute approximate surface area is 192 Å². The lowest BCUT2D eigenvalue weighted by Gasteiger charge is -2.33. The second-order valence-electron chi connectivity index (χ2n) is 8.50. The van der Waals surface area contributed by atoms with Gasteiger partial charge >= 0.3 is 5.97 Å². The first-order chi connectivity index (χ1) is 16.0. The topological polar surface area (TPSA) is 75.7 Å². The summed E-state index contributed by atoms with van der Waals surface area (Å²) in [6.07, 6.45) is 0. The van der Waals surface area contributed by atoms with Gasteiger partial charge in [0, 0.05) is 6.04 Å². The molecule has 6 heteroatoms. The van der Waals surface area contributed by atoms with Crippen molar-refractivity contribution in [2.75, 3.05) is 12.0 Å². The van der Waals surface area contributed by atoms with Crippen LogP contribution in [0.4, 0.5) is 5.69 Å². The van der Waals surface area contributed by atoms with Gasteiger partial charge in [-0.15, -0.1) is 0 Å². The van der Waals surface area contributed by atoms with E-state index in [0.29, 0.717) is 11.3 Å². The molecule has 2 saturated heterocycles. The summed E-state index contributed by atoms with van der Waals surface area (Å²) < 4.78 is 5.26. The molecular weight excluding hydrogens is 416 g/mol. The number of hydrogen-bond acceptors (Lipinski definition) is 5. The first-order valence-corrected chi connectivity index (χ1v) is 10.9. The molecule has 0 bridgehead atoms. The number of ether oxygens (including phenoxy) is 1. The minimum absolute atomic E-state index is 0.321. The van der Waals surface area contributed by atoms with Gasteiger partial charge in [-0.25, -0.2) is 9.69 Å². The van der Waals surface area contributed by atoms with Gasteiger partial charge in [-0.05, 0) is 35.7 Å². The van der Waals surface area contributed by atoms with E-state index in [2.05, 4.69) is 5.32 Å². The number of rotatable bonds is 4. The van der Waals surface area contributed by atoms with Crippen molar-refractivity contribution in [3.05, 3.63) is 102 Å². The lowest BCUT2D eigenvalue weighted by atomic mass is 9.75. The lowest BCUT2D eigenvalue weighted by Crippen LogP contribution is -2.53. The van der Waals surface area contributed by atoms with Crippen molar-refractivity contribution >= 4 is 23.5 Å². The third-order valence-electron chi connectivity index (χ3n) is 6.83. The molecular formula is C27H24N2O4. The van der Waals surface area contributed by atoms with Crippen molar-refractivity contribution in [3.8, 4) is 0 Å². The van der Waals surface area contributed by atoms with Crippen molar-refractivity contribution in [1.29, 1.82) is 0 Å². The molecule has 4 atom stereocenters. The minimum atomic E-state index is -1.50. The molecule has 33 heavy (non-hydrogen) atoms. The fourth-order valence-electron chi connectivity index (χ4n) is 5.37. The predicted molar refractivity (Wildman–Crippen MR) is 123 cm³/mol. The molecule has 1 N–H and O–H groups in total. The van der Waals surface area contributed by atoms with Gasteiger partial charge in [-0.3, -0.25) is 14.9 Å². The summed E-state index contributed by atoms with van der Waals surface area (Å²) in [4.78, 5) is 42.5. The number of anilines is 1. The molecule has 2 amide bonds. The molecule has 166 valence electrons. The van der Waals surface area contributed by atoms with E-state index in [4.69, 9.17) is 4.74 Å². The standard InChI is InChI=1S/C27H24N2O4/c1-17-11-9-10-16-20(17)23-21-22(25(31)29(24(21)30)19-14-7-4-8-15-19)27(28-23,26(32)33-2)18-12-5-3-6-13-18/h3-16,21-23,28H,1-2H3/t21-,22-,23-,27-/m0/s1. The van der Waals surface area contributed by atoms with Crippen molar-refractivity contribution in [1.82, 2.24) is 5.32 Å². The summed E-state index contributed by atoms with van der Waals surface area (Å²) in [5.41, 5.74) is 1.45. The molecule has 0 aromatic heterocycles. The molecule has 2 aliphatic heterocycles. The van der Waals surface area contributed by atoms with Crippen LogP contribution in [0.1, 0.15) is 22.7 Å². The molecule has 2 aliphatic rings. The van der Waals surface area contributed by atoms with Gasteiger partial charge in [0.05, 0.1) is 24.6 Å². The Morgan fingerprint density at radius 3 is 2.12 bits per heavy atom. The van der Waals surface area contributed by atoms with Crippen LogP contribution >= 0.6 is 0 Å². The lowest BCUT2D eigenvalue weighted by molar-refractivity contribution is -0.152. The molecule has 2 fully saturated rings. The van der Waals surface area contributed by atoms with E-state index in [9.17, 15) is 14.4 Å². The zero-order chi connectivity index (χ0) is 23.2. The molecule has 0 radical (unpaired) electrons. The van der Waals surface area contributed by atoms with E-state index in [-0.39, 0.29) is 5.91 Å². The average Bonchev–Trinajstić information content (AvgIpc) is 3.34. The van der Waals surface area contributed by atoms with Crippen LogP contribution in [0.15, 0.2) is 84.9 Å². The SMILES string of the molecule is COC(=O)[C@@]1(c2ccccc2)N[C@@H](c2ccccc2C)[C@H]2C(=O)N(c3ccccc3)C(=O)[C@H]21. The van der Waals surface area contributed by atoms with Crippen LogP contribution in [0.2, 0.25) is 0 Å². The minimum Gasteiger partial charge on any atom is -0.467 e. The first kappa shape index (κ1) is 21.1. The highest BCUT2D eigenvalue weighted by Crippen LogP contribution is 2.54. The normalized spacial score (nSPS) is 26.4. The Kier molecular flexibility index (Phi) is 5.10. The third-order valence-corrected chi connectivity index (χ3v) is 6.83. The number of benzene rings is 3. The number of nitrogens with zero attached hydrogens (tertiary/aromatic N) is 1. The van der Waals surface area contributed by atoms with Gasteiger partial charge in [0.15, 0.2) is 5.54 Å². The van der Waals surface area contributed by atoms with Crippen LogP contribution in [0.5, 0.6) is 0 Å². The van der Waals surface area contributed by atoms with Gasteiger partial charge in [-0.1, -0.05) is 72.8 Å². The van der Waals surface area contributed by atoms with Gasteiger partial charge in [-0.2, -0.15) is 0 Å². The Morgan fingerprint density at radius 2 is 1.48 bits per heavy atom. The third kappa shape index (κ3) is 3.02. The zero-order valence-corrected chi connectivity index (χ0v) is 18.4. The summed E-state index contributed by atoms with van der Waals surface area (Å²) >= 11 is 0. The largest absolute Gasteiger partial charge is 0.467 e. The van der Waals surface area contributed by atoms with Gasteiger partial charge in [0.2, 0.25) is 11.8 Å². The number of carbonyl (C=O) groups excluding carboxylic acids is 3. The van der Waals surface area contributed by atoms with Crippen LogP contribution in [0.3, 0.4) is 0 Å². The van der Waals surface area contributed by atoms with E-state index in [1.54, 1.807) is 36.4 Å². The van der Waals surface area contributed by atoms with Crippen LogP contribution in [0, 0.1) is 18.8 Å². The molecule has 3 aromatic carbocycles. The number of hydrogen-bond donors (Lipinski definition) is 1. The van der Waals surface area contributed by atoms with E-state index in [1.165, 1.54) is 12.0 Å². The molecule has 0 saturated carbocycles. The molecule has 5 rings (SSSR count). The van der Waals surface area contributed by atoms with Crippen molar-refractivity contribution in [2.45, 2.75) is 18.5 Å². The van der Waals surface area contributed by atoms with E-state index in [1.807, 2.05) is 55.5 Å². The summed E-state index contributed by atoms with van der Waals surface area (Å²) in [6.45, 7) is 1.96. The molecule has 6 nitrogen and oxygen atoms in total. The average molecular weight is 440 g/mol. The Bertz CT molecular complexity index is 1230. The maximum Gasteiger partial charge on any atom is 0.331 e. The molecule has 0 aliphatic carbocycles. The number of nitrogens with one attached hydrogen (secondary N) is 1. The van der Waals surface area contributed by atoms with Gasteiger partial charge in [0.1, 0.15) is 0 Å². The van der Waals surface area contributed by atoms with Crippen molar-refractivity contribution in [2.24, 2.45) is 11.8 Å². The summed E-state index contributed by atoms with van der Waals surface area (Å²) in [6, 6.07) is 25.1. The van der Waals surface area contributed by atoms with Crippen LogP contribution < -0.4 is 10.2 Å². The Hall–Kier alpha value is -3.77. The van der Waals surface area contributed by atoms with Crippen molar-refractivity contribution < 1.29 is 19.1 Å². The molecule has 2 heterocycles. The number of methoxy groups -OCH3 is 1. The van der Waals surface area contributed by atoms with E-state index >= 15 is 0 Å². The number of imide groups is 1. The highest BCUT2D eigenvalue weighted by molar-refractivity contribution is 6.24. The number of fused-ring (bicyclic) bond motifs is 1. The van der Waals surface area contributed by atoms with Crippen LogP contribution in [-0.2, 0) is 24.7 Å². The number of aryl methyl sites for hydroxylation is 1. The van der Waals surface area contributed by atoms with Crippen LogP contribution in [0.25, 0.3) is 0 Å². The van der Waals surface area contributed by atoms with E-state index in [0.717, 1.165) is 11.1 Å². The number of amides is 2. The molecule has 0 unspecified atom stereocenters. The molecule has 0 spiro atoms. The second-order valence-corrected chi connectivity index (χ2v) is 8.50. The highest BCUT2D eigenvalue weighted by atomic mass is 16.5. The Balaban J connectivity index is 1.75.